The average Bonchev–Trinajstić information content (AvgIpc) is 3.65. The van der Waals surface area contributed by atoms with Crippen molar-refractivity contribution in [2.75, 3.05) is 13.1 Å². The van der Waals surface area contributed by atoms with Gasteiger partial charge in [0.2, 0.25) is 0 Å². The van der Waals surface area contributed by atoms with Crippen LogP contribution in [0, 0.1) is 5.82 Å². The third-order valence-electron chi connectivity index (χ3n) is 8.81. The molecule has 0 radical (unpaired) electrons. The quantitative estimate of drug-likeness (QED) is 0.210. The van der Waals surface area contributed by atoms with E-state index in [9.17, 15) is 24.2 Å². The van der Waals surface area contributed by atoms with Crippen LogP contribution in [0.5, 0.6) is 23.0 Å². The lowest BCUT2D eigenvalue weighted by molar-refractivity contribution is 0.0224. The van der Waals surface area contributed by atoms with Crippen molar-refractivity contribution < 1.29 is 33.7 Å². The summed E-state index contributed by atoms with van der Waals surface area (Å²) in [6.07, 6.45) is 1.51. The number of phenols is 2. The van der Waals surface area contributed by atoms with Crippen molar-refractivity contribution in [1.29, 1.82) is 0 Å². The second kappa shape index (κ2) is 10.2. The van der Waals surface area contributed by atoms with E-state index in [1.165, 1.54) is 36.4 Å². The predicted molar refractivity (Wildman–Crippen MR) is 163 cm³/mol. The molecule has 45 heavy (non-hydrogen) atoms. The monoisotopic (exact) mass is 620 g/mol. The zero-order chi connectivity index (χ0) is 30.9. The summed E-state index contributed by atoms with van der Waals surface area (Å²) in [4.78, 5) is 33.7. The number of aromatic hydroxyl groups is 2. The van der Waals surface area contributed by atoms with E-state index in [-0.39, 0.29) is 34.7 Å². The summed E-state index contributed by atoms with van der Waals surface area (Å²) in [6, 6.07) is 20.5. The first-order valence-corrected chi connectivity index (χ1v) is 15.4. The molecule has 1 fully saturated rings. The molecule has 1 amide bonds. The van der Waals surface area contributed by atoms with Crippen molar-refractivity contribution in [3.63, 3.8) is 0 Å². The Morgan fingerprint density at radius 3 is 2.20 bits per heavy atom. The standard InChI is InChI=1S/C35H25FN2O6S/c36-22-4-1-19(2-5-22)29-18-45-32(37-29)20-11-13-38(14-12-20)33(41)21-3-8-26-25(15-21)34(42)44-35(26)27-9-6-23(39)16-30(27)43-31-17-24(40)7-10-28(31)35/h1-10,15-18,20,39-40H,11-14H2. The van der Waals surface area contributed by atoms with E-state index in [0.717, 1.165) is 29.1 Å². The molecule has 4 heterocycles. The minimum atomic E-state index is -1.38. The highest BCUT2D eigenvalue weighted by atomic mass is 32.1. The number of esters is 1. The number of thiazole rings is 1. The van der Waals surface area contributed by atoms with Gasteiger partial charge in [-0.05, 0) is 73.5 Å². The molecule has 10 heteroatoms. The highest BCUT2D eigenvalue weighted by Crippen LogP contribution is 2.57. The van der Waals surface area contributed by atoms with Gasteiger partial charge in [0.25, 0.3) is 5.91 Å². The molecule has 0 aliphatic carbocycles. The highest BCUT2D eigenvalue weighted by molar-refractivity contribution is 7.10. The van der Waals surface area contributed by atoms with Crippen LogP contribution in [0.3, 0.4) is 0 Å². The Morgan fingerprint density at radius 1 is 0.889 bits per heavy atom. The Bertz CT molecular complexity index is 1960. The van der Waals surface area contributed by atoms with E-state index in [0.29, 0.717) is 46.8 Å². The van der Waals surface area contributed by atoms with Gasteiger partial charge in [-0.15, -0.1) is 11.3 Å². The van der Waals surface area contributed by atoms with Gasteiger partial charge < -0.3 is 24.6 Å². The van der Waals surface area contributed by atoms with Crippen LogP contribution in [0.2, 0.25) is 0 Å². The van der Waals surface area contributed by atoms with Crippen molar-refractivity contribution in [3.05, 3.63) is 123 Å². The summed E-state index contributed by atoms with van der Waals surface area (Å²) in [5, 5.41) is 23.3. The van der Waals surface area contributed by atoms with Crippen LogP contribution in [-0.2, 0) is 10.3 Å². The van der Waals surface area contributed by atoms with Crippen LogP contribution >= 0.6 is 11.3 Å². The van der Waals surface area contributed by atoms with Gasteiger partial charge in [-0.25, -0.2) is 14.2 Å². The number of aromatic nitrogens is 1. The van der Waals surface area contributed by atoms with Crippen molar-refractivity contribution in [3.8, 4) is 34.3 Å². The molecule has 8 nitrogen and oxygen atoms in total. The van der Waals surface area contributed by atoms with Crippen molar-refractivity contribution >= 4 is 23.2 Å². The number of piperidine rings is 1. The molecule has 8 rings (SSSR count). The number of benzene rings is 4. The maximum atomic E-state index is 13.7. The molecule has 0 saturated carbocycles. The summed E-state index contributed by atoms with van der Waals surface area (Å²) in [5.74, 6) is -0.278. The molecule has 224 valence electrons. The highest BCUT2D eigenvalue weighted by Gasteiger charge is 2.54. The third kappa shape index (κ3) is 4.35. The summed E-state index contributed by atoms with van der Waals surface area (Å²) in [5.41, 5.74) is 2.56. The number of nitrogens with zero attached hydrogens (tertiary/aromatic N) is 2. The molecule has 3 aliphatic rings. The third-order valence-corrected chi connectivity index (χ3v) is 9.82. The maximum Gasteiger partial charge on any atom is 0.340 e. The number of hydrogen-bond acceptors (Lipinski definition) is 8. The molecule has 0 bridgehead atoms. The Hall–Kier alpha value is -5.22. The minimum Gasteiger partial charge on any atom is -0.508 e. The van der Waals surface area contributed by atoms with Gasteiger partial charge in [-0.1, -0.05) is 6.07 Å². The van der Waals surface area contributed by atoms with E-state index < -0.39 is 11.6 Å². The fourth-order valence-corrected chi connectivity index (χ4v) is 7.58. The van der Waals surface area contributed by atoms with E-state index in [1.54, 1.807) is 58.7 Å². The van der Waals surface area contributed by atoms with Crippen LogP contribution in [0.4, 0.5) is 4.39 Å². The van der Waals surface area contributed by atoms with Gasteiger partial charge in [0.15, 0.2) is 5.60 Å². The molecular weight excluding hydrogens is 595 g/mol. The molecule has 0 unspecified atom stereocenters. The van der Waals surface area contributed by atoms with E-state index in [1.807, 2.05) is 5.38 Å². The molecule has 1 saturated heterocycles. The van der Waals surface area contributed by atoms with E-state index in [4.69, 9.17) is 14.5 Å². The number of likely N-dealkylation sites (tertiary alicyclic amines) is 1. The van der Waals surface area contributed by atoms with Gasteiger partial charge in [0, 0.05) is 64.3 Å². The van der Waals surface area contributed by atoms with Gasteiger partial charge in [0.05, 0.1) is 16.3 Å². The number of amides is 1. The molecule has 4 aromatic carbocycles. The van der Waals surface area contributed by atoms with Crippen LogP contribution < -0.4 is 4.74 Å². The van der Waals surface area contributed by atoms with Crippen LogP contribution in [0.15, 0.2) is 84.2 Å². The first kappa shape index (κ1) is 27.3. The summed E-state index contributed by atoms with van der Waals surface area (Å²) < 4.78 is 25.5. The molecule has 5 aromatic rings. The molecule has 0 atom stereocenters. The van der Waals surface area contributed by atoms with Crippen molar-refractivity contribution in [1.82, 2.24) is 9.88 Å². The Morgan fingerprint density at radius 2 is 1.53 bits per heavy atom. The molecule has 1 spiro atoms. The summed E-state index contributed by atoms with van der Waals surface area (Å²) in [7, 11) is 0. The first-order valence-electron chi connectivity index (χ1n) is 14.5. The molecule has 1 aromatic heterocycles. The molecule has 2 N–H and O–H groups in total. The van der Waals surface area contributed by atoms with Crippen molar-refractivity contribution in [2.24, 2.45) is 0 Å². The number of fused-ring (bicyclic) bond motifs is 6. The van der Waals surface area contributed by atoms with Gasteiger partial charge in [-0.3, -0.25) is 4.79 Å². The number of halogens is 1. The van der Waals surface area contributed by atoms with Crippen LogP contribution in [-0.4, -0.2) is 45.1 Å². The number of carbonyl (C=O) groups is 2. The summed E-state index contributed by atoms with van der Waals surface area (Å²) in [6.45, 7) is 1.09. The van der Waals surface area contributed by atoms with Gasteiger partial charge in [-0.2, -0.15) is 0 Å². The fraction of sp³-hybridized carbons (Fsp3) is 0.171. The van der Waals surface area contributed by atoms with Crippen LogP contribution in [0.25, 0.3) is 11.3 Å². The Labute approximate surface area is 260 Å². The number of rotatable bonds is 3. The maximum absolute atomic E-state index is 13.7. The second-order valence-corrected chi connectivity index (χ2v) is 12.3. The number of carbonyl (C=O) groups excluding carboxylic acids is 2. The van der Waals surface area contributed by atoms with Gasteiger partial charge in [0.1, 0.15) is 28.8 Å². The molecule has 3 aliphatic heterocycles. The number of ether oxygens (including phenoxy) is 2. The zero-order valence-electron chi connectivity index (χ0n) is 23.7. The Balaban J connectivity index is 1.05. The largest absolute Gasteiger partial charge is 0.508 e. The second-order valence-electron chi connectivity index (χ2n) is 11.4. The number of phenolic OH excluding ortho intramolecular Hbond substituents is 2. The zero-order valence-corrected chi connectivity index (χ0v) is 24.5. The topological polar surface area (TPSA) is 109 Å². The lowest BCUT2D eigenvalue weighted by atomic mass is 9.77. The SMILES string of the molecule is O=C1OC2(c3ccc(O)cc3Oc3cc(O)ccc32)c2ccc(C(=O)N3CCC(c4nc(-c5ccc(F)cc5)cs4)CC3)cc21. The van der Waals surface area contributed by atoms with E-state index in [2.05, 4.69) is 0 Å². The van der Waals surface area contributed by atoms with Crippen LogP contribution in [0.1, 0.15) is 61.2 Å². The minimum absolute atomic E-state index is 0.0232. The Kier molecular flexibility index (Phi) is 6.18. The summed E-state index contributed by atoms with van der Waals surface area (Å²) >= 11 is 1.58. The van der Waals surface area contributed by atoms with Gasteiger partial charge >= 0.3 is 5.97 Å². The lowest BCUT2D eigenvalue weighted by Gasteiger charge is -2.36. The smallest absolute Gasteiger partial charge is 0.340 e. The lowest BCUT2D eigenvalue weighted by Crippen LogP contribution is -2.38. The normalized spacial score (nSPS) is 16.5. The average molecular weight is 621 g/mol. The van der Waals surface area contributed by atoms with E-state index >= 15 is 0 Å². The predicted octanol–water partition coefficient (Wildman–Crippen LogP) is 6.95. The first-order chi connectivity index (χ1) is 21.8. The molecular formula is C35H25FN2O6S. The van der Waals surface area contributed by atoms with Crippen molar-refractivity contribution in [2.45, 2.75) is 24.4 Å². The fourth-order valence-electron chi connectivity index (χ4n) is 6.58. The number of hydrogen-bond donors (Lipinski definition) is 2.